The molecule has 2 aromatic heterocycles. The number of hydrogen-bond acceptors (Lipinski definition) is 4. The van der Waals surface area contributed by atoms with Crippen molar-refractivity contribution in [1.29, 1.82) is 0 Å². The first-order valence-corrected chi connectivity index (χ1v) is 7.09. The van der Waals surface area contributed by atoms with Gasteiger partial charge in [-0.1, -0.05) is 0 Å². The normalized spacial score (nSPS) is 17.2. The number of nitrogens with one attached hydrogen (secondary N) is 1. The van der Waals surface area contributed by atoms with Crippen LogP contribution in [0.5, 0.6) is 0 Å². The number of alkyl halides is 2. The molecule has 22 heavy (non-hydrogen) atoms. The summed E-state index contributed by atoms with van der Waals surface area (Å²) in [5.41, 5.74) is 5.49. The zero-order valence-electron chi connectivity index (χ0n) is 11.0. The number of nitrogens with zero attached hydrogens (tertiary/aromatic N) is 3. The molecule has 3 N–H and O–H groups in total. The molecule has 0 bridgehead atoms. The van der Waals surface area contributed by atoms with Crippen LogP contribution >= 0.6 is 15.9 Å². The van der Waals surface area contributed by atoms with E-state index in [9.17, 15) is 18.4 Å². The van der Waals surface area contributed by atoms with Crippen LogP contribution in [0.2, 0.25) is 0 Å². The van der Waals surface area contributed by atoms with Crippen LogP contribution in [0, 0.1) is 0 Å². The van der Waals surface area contributed by atoms with Gasteiger partial charge in [-0.3, -0.25) is 9.59 Å². The molecular formula is C12H10BrF2N5O2. The van der Waals surface area contributed by atoms with E-state index in [1.54, 1.807) is 0 Å². The lowest BCUT2D eigenvalue weighted by atomic mass is 9.88. The number of carbonyl (C=O) groups is 2. The molecule has 2 amide bonds. The third-order valence-corrected chi connectivity index (χ3v) is 3.94. The van der Waals surface area contributed by atoms with Crippen LogP contribution < -0.4 is 11.1 Å². The van der Waals surface area contributed by atoms with E-state index >= 15 is 0 Å². The van der Waals surface area contributed by atoms with Gasteiger partial charge in [0.2, 0.25) is 0 Å². The summed E-state index contributed by atoms with van der Waals surface area (Å²) in [6, 6.07) is 0.795. The van der Waals surface area contributed by atoms with Crippen LogP contribution in [0.15, 0.2) is 16.9 Å². The molecule has 0 saturated heterocycles. The van der Waals surface area contributed by atoms with Crippen LogP contribution in [0.1, 0.15) is 33.7 Å². The van der Waals surface area contributed by atoms with Crippen molar-refractivity contribution in [2.75, 3.05) is 0 Å². The molecule has 2 aromatic rings. The minimum Gasteiger partial charge on any atom is -0.365 e. The van der Waals surface area contributed by atoms with Crippen LogP contribution in [-0.4, -0.2) is 38.4 Å². The predicted molar refractivity (Wildman–Crippen MR) is 74.6 cm³/mol. The number of nitrogens with two attached hydrogens (primary N) is 1. The topological polar surface area (TPSA) is 102 Å². The Morgan fingerprint density at radius 1 is 1.45 bits per heavy atom. The number of fused-ring (bicyclic) bond motifs is 1. The summed E-state index contributed by atoms with van der Waals surface area (Å²) in [5, 5.41) is 6.50. The largest absolute Gasteiger partial charge is 0.365 e. The van der Waals surface area contributed by atoms with Gasteiger partial charge in [-0.2, -0.15) is 5.10 Å². The second-order valence-corrected chi connectivity index (χ2v) is 5.78. The molecule has 1 saturated carbocycles. The fourth-order valence-corrected chi connectivity index (χ4v) is 2.86. The second-order valence-electron chi connectivity index (χ2n) is 5.03. The van der Waals surface area contributed by atoms with E-state index in [0.717, 1.165) is 4.52 Å². The first kappa shape index (κ1) is 14.8. The van der Waals surface area contributed by atoms with Gasteiger partial charge in [-0.05, 0) is 22.0 Å². The first-order valence-electron chi connectivity index (χ1n) is 6.30. The average molecular weight is 374 g/mol. The lowest BCUT2D eigenvalue weighted by molar-refractivity contribution is -0.0901. The van der Waals surface area contributed by atoms with Crippen molar-refractivity contribution in [3.8, 4) is 0 Å². The molecule has 0 aliphatic heterocycles. The Labute approximate surface area is 131 Å². The predicted octanol–water partition coefficient (Wildman–Crippen LogP) is 1.12. The van der Waals surface area contributed by atoms with E-state index in [1.165, 1.54) is 12.3 Å². The molecule has 116 valence electrons. The Bertz CT molecular complexity index is 783. The highest BCUT2D eigenvalue weighted by Crippen LogP contribution is 2.37. The van der Waals surface area contributed by atoms with Gasteiger partial charge in [0.1, 0.15) is 15.9 Å². The van der Waals surface area contributed by atoms with E-state index in [2.05, 4.69) is 31.3 Å². The number of rotatable bonds is 3. The van der Waals surface area contributed by atoms with Crippen molar-refractivity contribution in [1.82, 2.24) is 19.9 Å². The molecular weight excluding hydrogens is 364 g/mol. The lowest BCUT2D eigenvalue weighted by Crippen LogP contribution is -2.50. The maximum absolute atomic E-state index is 12.8. The third kappa shape index (κ3) is 2.43. The van der Waals surface area contributed by atoms with Gasteiger partial charge < -0.3 is 11.1 Å². The van der Waals surface area contributed by atoms with Crippen molar-refractivity contribution in [3.05, 3.63) is 28.1 Å². The number of hydrogen-bond donors (Lipinski definition) is 2. The quantitative estimate of drug-likeness (QED) is 0.841. The Morgan fingerprint density at radius 3 is 2.73 bits per heavy atom. The van der Waals surface area contributed by atoms with E-state index in [4.69, 9.17) is 5.73 Å². The van der Waals surface area contributed by atoms with Crippen LogP contribution in [0.4, 0.5) is 8.78 Å². The molecule has 0 aromatic carbocycles. The summed E-state index contributed by atoms with van der Waals surface area (Å²) < 4.78 is 26.9. The third-order valence-electron chi connectivity index (χ3n) is 3.38. The van der Waals surface area contributed by atoms with Gasteiger partial charge in [-0.15, -0.1) is 0 Å². The number of primary amides is 1. The van der Waals surface area contributed by atoms with Crippen molar-refractivity contribution in [3.63, 3.8) is 0 Å². The summed E-state index contributed by atoms with van der Waals surface area (Å²) in [5.74, 6) is -4.04. The standard InChI is InChI=1S/C12H10BrF2N5O2/c13-8-7(9(16)21)10-17-2-1-6(20(10)19-8)11(22)18-5-3-12(14,15)4-5/h1-2,5H,3-4H2,(H2,16,21)(H,18,22). The van der Waals surface area contributed by atoms with Crippen molar-refractivity contribution in [2.24, 2.45) is 5.73 Å². The summed E-state index contributed by atoms with van der Waals surface area (Å²) in [6.45, 7) is 0. The van der Waals surface area contributed by atoms with Crippen molar-refractivity contribution >= 4 is 33.4 Å². The molecule has 1 fully saturated rings. The highest BCUT2D eigenvalue weighted by molar-refractivity contribution is 9.10. The highest BCUT2D eigenvalue weighted by Gasteiger charge is 2.46. The van der Waals surface area contributed by atoms with Gasteiger partial charge in [0, 0.05) is 25.1 Å². The molecule has 2 heterocycles. The van der Waals surface area contributed by atoms with Gasteiger partial charge in [0.15, 0.2) is 5.65 Å². The first-order chi connectivity index (χ1) is 10.3. The van der Waals surface area contributed by atoms with Crippen LogP contribution in [0.25, 0.3) is 5.65 Å². The Balaban J connectivity index is 1.93. The molecule has 3 rings (SSSR count). The molecule has 0 radical (unpaired) electrons. The molecule has 10 heteroatoms. The van der Waals surface area contributed by atoms with Crippen LogP contribution in [0.3, 0.4) is 0 Å². The highest BCUT2D eigenvalue weighted by atomic mass is 79.9. The molecule has 1 aliphatic rings. The van der Waals surface area contributed by atoms with Gasteiger partial charge in [-0.25, -0.2) is 18.3 Å². The number of halogens is 3. The SMILES string of the molecule is NC(=O)c1c(Br)nn2c(C(=O)NC3CC(F)(F)C3)ccnc12. The maximum Gasteiger partial charge on any atom is 0.270 e. The minimum absolute atomic E-state index is 0.0461. The Hall–Kier alpha value is -2.10. The van der Waals surface area contributed by atoms with Gasteiger partial charge in [0.25, 0.3) is 17.7 Å². The number of aromatic nitrogens is 3. The maximum atomic E-state index is 12.8. The molecule has 0 spiro atoms. The molecule has 0 unspecified atom stereocenters. The number of amides is 2. The summed E-state index contributed by atoms with van der Waals surface area (Å²) in [7, 11) is 0. The fraction of sp³-hybridized carbons (Fsp3) is 0.333. The lowest BCUT2D eigenvalue weighted by Gasteiger charge is -2.35. The summed E-state index contributed by atoms with van der Waals surface area (Å²) in [4.78, 5) is 27.6. The zero-order chi connectivity index (χ0) is 16.1. The minimum atomic E-state index is -2.72. The summed E-state index contributed by atoms with van der Waals surface area (Å²) >= 11 is 3.08. The zero-order valence-corrected chi connectivity index (χ0v) is 12.6. The van der Waals surface area contributed by atoms with Gasteiger partial charge in [0.05, 0.1) is 0 Å². The molecule has 7 nitrogen and oxygen atoms in total. The fourth-order valence-electron chi connectivity index (χ4n) is 2.33. The second kappa shape index (κ2) is 4.97. The van der Waals surface area contributed by atoms with E-state index < -0.39 is 23.8 Å². The summed E-state index contributed by atoms with van der Waals surface area (Å²) in [6.07, 6.45) is 0.546. The number of carbonyl (C=O) groups excluding carboxylic acids is 2. The smallest absolute Gasteiger partial charge is 0.270 e. The van der Waals surface area contributed by atoms with Crippen molar-refractivity contribution in [2.45, 2.75) is 24.8 Å². The Kier molecular flexibility index (Phi) is 3.35. The Morgan fingerprint density at radius 2 is 2.14 bits per heavy atom. The molecule has 0 atom stereocenters. The van der Waals surface area contributed by atoms with Crippen molar-refractivity contribution < 1.29 is 18.4 Å². The monoisotopic (exact) mass is 373 g/mol. The average Bonchev–Trinajstić information content (AvgIpc) is 2.71. The van der Waals surface area contributed by atoms with Gasteiger partial charge >= 0.3 is 0 Å². The molecule has 1 aliphatic carbocycles. The van der Waals surface area contributed by atoms with E-state index in [0.29, 0.717) is 0 Å². The van der Waals surface area contributed by atoms with E-state index in [1.807, 2.05) is 0 Å². The van der Waals surface area contributed by atoms with Crippen LogP contribution in [-0.2, 0) is 0 Å². The van der Waals surface area contributed by atoms with E-state index in [-0.39, 0.29) is 34.3 Å².